The average Bonchev–Trinajstić information content (AvgIpc) is 3.72. The third-order valence-electron chi connectivity index (χ3n) is 6.86. The van der Waals surface area contributed by atoms with Crippen LogP contribution in [0.3, 0.4) is 0 Å². The predicted octanol–water partition coefficient (Wildman–Crippen LogP) is 3.11. The minimum atomic E-state index is -0.595. The molecular formula is C28H28ClN9O4. The van der Waals surface area contributed by atoms with E-state index in [1.165, 1.54) is 24.2 Å². The van der Waals surface area contributed by atoms with Crippen LogP contribution in [0.4, 0.5) is 10.5 Å². The maximum atomic E-state index is 13.2. The van der Waals surface area contributed by atoms with E-state index in [9.17, 15) is 14.4 Å². The number of ether oxygens (including phenoxy) is 1. The van der Waals surface area contributed by atoms with Crippen LogP contribution in [0.5, 0.6) is 0 Å². The number of methoxy groups -OCH3 is 1. The number of H-pyrrole nitrogens is 1. The molecule has 4 aromatic rings. The molecule has 42 heavy (non-hydrogen) atoms. The summed E-state index contributed by atoms with van der Waals surface area (Å²) in [5.74, 6) is -0.0270. The molecule has 2 amide bonds. The van der Waals surface area contributed by atoms with Crippen molar-refractivity contribution in [3.05, 3.63) is 87.6 Å². The van der Waals surface area contributed by atoms with E-state index in [2.05, 4.69) is 46.4 Å². The van der Waals surface area contributed by atoms with E-state index in [1.807, 2.05) is 0 Å². The van der Waals surface area contributed by atoms with Crippen LogP contribution >= 0.6 is 11.6 Å². The topological polar surface area (TPSA) is 169 Å². The Labute approximate surface area is 245 Å². The van der Waals surface area contributed by atoms with Crippen molar-refractivity contribution in [1.82, 2.24) is 41.0 Å². The van der Waals surface area contributed by atoms with Gasteiger partial charge in [0.1, 0.15) is 6.33 Å². The minimum absolute atomic E-state index is 0.319. The number of halogens is 1. The van der Waals surface area contributed by atoms with Crippen molar-refractivity contribution in [2.75, 3.05) is 25.5 Å². The van der Waals surface area contributed by atoms with Gasteiger partial charge in [-0.1, -0.05) is 23.7 Å². The van der Waals surface area contributed by atoms with E-state index in [4.69, 9.17) is 11.6 Å². The number of tetrazole rings is 1. The number of nitrogens with zero attached hydrogens (tertiary/aromatic N) is 5. The molecule has 13 nitrogen and oxygen atoms in total. The summed E-state index contributed by atoms with van der Waals surface area (Å²) in [7, 11) is 1.28. The Morgan fingerprint density at radius 3 is 2.76 bits per heavy atom. The van der Waals surface area contributed by atoms with Gasteiger partial charge in [-0.3, -0.25) is 14.9 Å². The molecule has 2 aromatic carbocycles. The second kappa shape index (κ2) is 13.2. The number of aromatic nitrogens is 6. The van der Waals surface area contributed by atoms with E-state index >= 15 is 0 Å². The maximum absolute atomic E-state index is 13.2. The number of anilines is 1. The van der Waals surface area contributed by atoms with Crippen molar-refractivity contribution in [3.8, 4) is 16.8 Å². The van der Waals surface area contributed by atoms with Crippen molar-refractivity contribution < 1.29 is 14.3 Å². The summed E-state index contributed by atoms with van der Waals surface area (Å²) in [6.07, 6.45) is 5.50. The second-order valence-electron chi connectivity index (χ2n) is 9.68. The summed E-state index contributed by atoms with van der Waals surface area (Å²) >= 11 is 6.21. The second-order valence-corrected chi connectivity index (χ2v) is 10.1. The van der Waals surface area contributed by atoms with E-state index < -0.39 is 12.1 Å². The Bertz CT molecular complexity index is 1630. The lowest BCUT2D eigenvalue weighted by Crippen LogP contribution is -2.31. The number of hydrogen-bond acceptors (Lipinski definition) is 9. The molecule has 1 aliphatic heterocycles. The van der Waals surface area contributed by atoms with Gasteiger partial charge in [0.15, 0.2) is 0 Å². The number of aromatic amines is 1. The maximum Gasteiger partial charge on any atom is 0.411 e. The van der Waals surface area contributed by atoms with E-state index in [0.717, 1.165) is 19.5 Å². The van der Waals surface area contributed by atoms with Gasteiger partial charge in [0.05, 0.1) is 30.1 Å². The largest absolute Gasteiger partial charge is 0.453 e. The van der Waals surface area contributed by atoms with Gasteiger partial charge >= 0.3 is 6.09 Å². The lowest BCUT2D eigenvalue weighted by Gasteiger charge is -2.21. The van der Waals surface area contributed by atoms with Crippen LogP contribution in [-0.4, -0.2) is 62.6 Å². The Morgan fingerprint density at radius 2 is 2.05 bits per heavy atom. The highest BCUT2D eigenvalue weighted by atomic mass is 35.5. The van der Waals surface area contributed by atoms with Gasteiger partial charge in [0.2, 0.25) is 5.91 Å². The normalized spacial score (nSPS) is 15.4. The number of nitrogens with one attached hydrogen (secondary N) is 4. The Morgan fingerprint density at radius 1 is 1.21 bits per heavy atom. The monoisotopic (exact) mass is 589 g/mol. The quantitative estimate of drug-likeness (QED) is 0.214. The molecule has 2 atom stereocenters. The summed E-state index contributed by atoms with van der Waals surface area (Å²) in [6, 6.07) is 13.2. The summed E-state index contributed by atoms with van der Waals surface area (Å²) in [4.78, 5) is 37.4. The van der Waals surface area contributed by atoms with Crippen molar-refractivity contribution >= 4 is 35.4 Å². The zero-order chi connectivity index (χ0) is 29.5. The van der Waals surface area contributed by atoms with Gasteiger partial charge in [-0.05, 0) is 90.3 Å². The molecule has 3 heterocycles. The molecule has 2 aromatic heterocycles. The third kappa shape index (κ3) is 7.06. The number of benzene rings is 2. The third-order valence-corrected chi connectivity index (χ3v) is 7.09. The lowest BCUT2D eigenvalue weighted by molar-refractivity contribution is -0.117. The minimum Gasteiger partial charge on any atom is -0.453 e. The predicted molar refractivity (Wildman–Crippen MR) is 156 cm³/mol. The van der Waals surface area contributed by atoms with Crippen LogP contribution in [0.1, 0.15) is 30.1 Å². The molecule has 216 valence electrons. The molecule has 0 spiro atoms. The molecular weight excluding hydrogens is 562 g/mol. The summed E-state index contributed by atoms with van der Waals surface area (Å²) in [5, 5.41) is 27.6. The smallest absolute Gasteiger partial charge is 0.411 e. The highest BCUT2D eigenvalue weighted by Crippen LogP contribution is 2.27. The van der Waals surface area contributed by atoms with Gasteiger partial charge in [-0.2, -0.15) is 9.78 Å². The first-order valence-electron chi connectivity index (χ1n) is 13.2. The first kappa shape index (κ1) is 28.6. The van der Waals surface area contributed by atoms with E-state index in [-0.39, 0.29) is 11.5 Å². The van der Waals surface area contributed by atoms with Crippen molar-refractivity contribution in [2.24, 2.45) is 5.92 Å². The number of carbonyl (C=O) groups excluding carboxylic acids is 2. The van der Waals surface area contributed by atoms with E-state index in [1.54, 1.807) is 54.6 Å². The van der Waals surface area contributed by atoms with Gasteiger partial charge < -0.3 is 15.4 Å². The molecule has 0 saturated carbocycles. The SMILES string of the molecule is COC(=O)Nc1ccc(-c2cc([C@H](CC3CCNC3)NC(=O)C=Cc3cc(Cl)ccc3-n3cnnn3)n[nH]c2=O)cc1. The fourth-order valence-electron chi connectivity index (χ4n) is 4.74. The molecule has 5 rings (SSSR count). The lowest BCUT2D eigenvalue weighted by atomic mass is 9.95. The van der Waals surface area contributed by atoms with Crippen LogP contribution in [0.15, 0.2) is 65.7 Å². The van der Waals surface area contributed by atoms with Crippen molar-refractivity contribution in [1.29, 1.82) is 0 Å². The van der Waals surface area contributed by atoms with E-state index in [0.29, 0.717) is 51.1 Å². The standard InChI is InChI=1S/C28H28ClN9O4/c1-42-28(41)32-21-6-2-18(3-7-21)22-14-24(34-35-27(22)40)23(12-17-10-11-30-15-17)33-26(39)9-4-19-13-20(29)5-8-25(19)38-16-31-36-37-38/h2-9,13-14,16-17,23,30H,10-12,15H2,1H3,(H,32,41)(H,33,39)(H,35,40)/t17?,23-/m0/s1. The molecule has 1 unspecified atom stereocenters. The zero-order valence-electron chi connectivity index (χ0n) is 22.6. The summed E-state index contributed by atoms with van der Waals surface area (Å²) in [6.45, 7) is 1.72. The van der Waals surface area contributed by atoms with Gasteiger partial charge in [0, 0.05) is 22.3 Å². The van der Waals surface area contributed by atoms with Gasteiger partial charge in [0.25, 0.3) is 5.56 Å². The van der Waals surface area contributed by atoms with Gasteiger partial charge in [-0.15, -0.1) is 5.10 Å². The molecule has 0 aliphatic carbocycles. The molecule has 1 saturated heterocycles. The Balaban J connectivity index is 1.39. The van der Waals surface area contributed by atoms with Crippen LogP contribution in [0.25, 0.3) is 22.9 Å². The molecule has 0 radical (unpaired) electrons. The van der Waals surface area contributed by atoms with Crippen LogP contribution in [0.2, 0.25) is 5.02 Å². The number of amides is 2. The number of rotatable bonds is 9. The number of carbonyl (C=O) groups is 2. The molecule has 4 N–H and O–H groups in total. The fourth-order valence-corrected chi connectivity index (χ4v) is 4.92. The van der Waals surface area contributed by atoms with Gasteiger partial charge in [-0.25, -0.2) is 9.89 Å². The molecule has 14 heteroatoms. The van der Waals surface area contributed by atoms with Crippen LogP contribution in [0, 0.1) is 5.92 Å². The Hall–Kier alpha value is -4.88. The zero-order valence-corrected chi connectivity index (χ0v) is 23.3. The fraction of sp³-hybridized carbons (Fsp3) is 0.250. The first-order chi connectivity index (χ1) is 20.4. The molecule has 1 aliphatic rings. The molecule has 1 fully saturated rings. The highest BCUT2D eigenvalue weighted by molar-refractivity contribution is 6.30. The van der Waals surface area contributed by atoms with Crippen LogP contribution in [-0.2, 0) is 9.53 Å². The number of hydrogen-bond donors (Lipinski definition) is 4. The average molecular weight is 590 g/mol. The molecule has 0 bridgehead atoms. The summed E-state index contributed by atoms with van der Waals surface area (Å²) in [5.41, 5.74) is 2.97. The van der Waals surface area contributed by atoms with Crippen LogP contribution < -0.4 is 21.5 Å². The highest BCUT2D eigenvalue weighted by Gasteiger charge is 2.24. The first-order valence-corrected chi connectivity index (χ1v) is 13.5. The summed E-state index contributed by atoms with van der Waals surface area (Å²) < 4.78 is 6.09. The van der Waals surface area contributed by atoms with Crippen molar-refractivity contribution in [3.63, 3.8) is 0 Å². The Kier molecular flexibility index (Phi) is 8.99. The van der Waals surface area contributed by atoms with Crippen molar-refractivity contribution in [2.45, 2.75) is 18.9 Å².